The molecule has 4 nitrogen and oxygen atoms in total. The first-order valence-electron chi connectivity index (χ1n) is 13.6. The van der Waals surface area contributed by atoms with Gasteiger partial charge in [0.1, 0.15) is 0 Å². The van der Waals surface area contributed by atoms with Crippen molar-refractivity contribution >= 4 is 44.2 Å². The molecule has 6 heteroatoms. The van der Waals surface area contributed by atoms with Gasteiger partial charge in [-0.2, -0.15) is 0 Å². The summed E-state index contributed by atoms with van der Waals surface area (Å²) in [6.45, 7) is 8.36. The molecule has 1 aliphatic heterocycles. The molecule has 0 bridgehead atoms. The van der Waals surface area contributed by atoms with Crippen LogP contribution in [-0.2, 0) is 9.31 Å². The second-order valence-corrected chi connectivity index (χ2v) is 12.3. The lowest BCUT2D eigenvalue weighted by Crippen LogP contribution is -2.41. The quantitative estimate of drug-likeness (QED) is 0.212. The van der Waals surface area contributed by atoms with Gasteiger partial charge in [-0.3, -0.25) is 0 Å². The second kappa shape index (κ2) is 9.38. The highest BCUT2D eigenvalue weighted by Gasteiger charge is 2.52. The molecular formula is C34H29BN2O2S. The molecular weight excluding hydrogens is 511 g/mol. The van der Waals surface area contributed by atoms with E-state index >= 15 is 0 Å². The van der Waals surface area contributed by atoms with E-state index in [0.717, 1.165) is 48.4 Å². The van der Waals surface area contributed by atoms with Crippen molar-refractivity contribution in [2.75, 3.05) is 0 Å². The van der Waals surface area contributed by atoms with Gasteiger partial charge in [0.15, 0.2) is 5.82 Å². The average molecular weight is 540 g/mol. The molecule has 0 amide bonds. The molecule has 1 aliphatic rings. The van der Waals surface area contributed by atoms with E-state index in [1.807, 2.05) is 24.3 Å². The SMILES string of the molecule is CC1(C)OB(c2cccc3c2sc2c(-c4ccc(-c5ccccc5)cc4)nc(-c4ccccc4)nc23)OC1(C)C. The Hall–Kier alpha value is -3.84. The standard InChI is InChI=1S/C34H29BN2O2S/c1-33(2)34(3,4)39-35(38-33)27-17-11-16-26-29-31(40-30(26)27)28(36-32(37-29)25-14-9-6-10-15-25)24-20-18-23(19-21-24)22-12-7-5-8-13-22/h5-21H,1-4H3. The third kappa shape index (κ3) is 4.15. The zero-order valence-corrected chi connectivity index (χ0v) is 23.8. The summed E-state index contributed by atoms with van der Waals surface area (Å²) in [7, 11) is -0.447. The molecule has 1 fully saturated rings. The molecule has 40 heavy (non-hydrogen) atoms. The lowest BCUT2D eigenvalue weighted by Gasteiger charge is -2.32. The maximum atomic E-state index is 6.47. The van der Waals surface area contributed by atoms with E-state index in [0.29, 0.717) is 0 Å². The van der Waals surface area contributed by atoms with Gasteiger partial charge in [-0.05, 0) is 38.8 Å². The minimum atomic E-state index is -0.447. The molecule has 6 aromatic rings. The number of aromatic nitrogens is 2. The molecule has 0 radical (unpaired) electrons. The van der Waals surface area contributed by atoms with Gasteiger partial charge in [0.25, 0.3) is 0 Å². The van der Waals surface area contributed by atoms with Gasteiger partial charge in [-0.15, -0.1) is 11.3 Å². The maximum absolute atomic E-state index is 6.47. The first-order valence-corrected chi connectivity index (χ1v) is 14.4. The van der Waals surface area contributed by atoms with E-state index in [1.54, 1.807) is 11.3 Å². The Balaban J connectivity index is 1.43. The van der Waals surface area contributed by atoms with E-state index < -0.39 is 18.3 Å². The van der Waals surface area contributed by atoms with Gasteiger partial charge in [0.2, 0.25) is 0 Å². The van der Waals surface area contributed by atoms with E-state index in [1.165, 1.54) is 11.1 Å². The monoisotopic (exact) mass is 540 g/mol. The largest absolute Gasteiger partial charge is 0.496 e. The highest BCUT2D eigenvalue weighted by molar-refractivity contribution is 7.27. The van der Waals surface area contributed by atoms with Crippen molar-refractivity contribution in [3.63, 3.8) is 0 Å². The summed E-state index contributed by atoms with van der Waals surface area (Å²) in [5, 5.41) is 1.09. The first-order chi connectivity index (χ1) is 19.3. The fourth-order valence-electron chi connectivity index (χ4n) is 5.21. The molecule has 0 atom stereocenters. The van der Waals surface area contributed by atoms with Gasteiger partial charge in [-0.1, -0.05) is 103 Å². The summed E-state index contributed by atoms with van der Waals surface area (Å²) in [5.74, 6) is 0.718. The van der Waals surface area contributed by atoms with Crippen LogP contribution in [0.25, 0.3) is 54.1 Å². The highest BCUT2D eigenvalue weighted by atomic mass is 32.1. The van der Waals surface area contributed by atoms with Gasteiger partial charge in [0.05, 0.1) is 27.1 Å². The minimum absolute atomic E-state index is 0.414. The van der Waals surface area contributed by atoms with Crippen molar-refractivity contribution in [3.05, 3.63) is 103 Å². The van der Waals surface area contributed by atoms with Crippen LogP contribution in [0.4, 0.5) is 0 Å². The third-order valence-electron chi connectivity index (χ3n) is 8.17. The van der Waals surface area contributed by atoms with Crippen molar-refractivity contribution in [3.8, 4) is 33.8 Å². The zero-order valence-electron chi connectivity index (χ0n) is 23.0. The molecule has 3 heterocycles. The number of fused-ring (bicyclic) bond motifs is 3. The van der Waals surface area contributed by atoms with Crippen molar-refractivity contribution in [2.24, 2.45) is 0 Å². The third-order valence-corrected chi connectivity index (χ3v) is 9.43. The molecule has 4 aromatic carbocycles. The molecule has 0 N–H and O–H groups in total. The van der Waals surface area contributed by atoms with Crippen molar-refractivity contribution in [1.82, 2.24) is 9.97 Å². The van der Waals surface area contributed by atoms with E-state index in [-0.39, 0.29) is 0 Å². The number of thiophene rings is 1. The Labute approximate surface area is 238 Å². The van der Waals surface area contributed by atoms with E-state index in [2.05, 4.69) is 107 Å². The Kier molecular flexibility index (Phi) is 5.90. The molecule has 0 spiro atoms. The number of rotatable bonds is 4. The molecule has 196 valence electrons. The van der Waals surface area contributed by atoms with Crippen LogP contribution in [-0.4, -0.2) is 28.3 Å². The lowest BCUT2D eigenvalue weighted by molar-refractivity contribution is 0.00578. The van der Waals surface area contributed by atoms with Crippen LogP contribution < -0.4 is 5.46 Å². The predicted molar refractivity (Wildman–Crippen MR) is 167 cm³/mol. The summed E-state index contributed by atoms with van der Waals surface area (Å²) in [4.78, 5) is 10.3. The average Bonchev–Trinajstić information content (AvgIpc) is 3.46. The molecule has 7 rings (SSSR count). The van der Waals surface area contributed by atoms with Crippen molar-refractivity contribution in [1.29, 1.82) is 0 Å². The number of benzene rings is 4. The lowest BCUT2D eigenvalue weighted by atomic mass is 9.78. The van der Waals surface area contributed by atoms with Crippen LogP contribution in [0.3, 0.4) is 0 Å². The number of nitrogens with zero attached hydrogens (tertiary/aromatic N) is 2. The Morgan fingerprint density at radius 1 is 0.575 bits per heavy atom. The molecule has 0 unspecified atom stereocenters. The van der Waals surface area contributed by atoms with Gasteiger partial charge in [0, 0.05) is 26.7 Å². The molecule has 0 saturated carbocycles. The predicted octanol–water partition coefficient (Wildman–Crippen LogP) is 8.14. The van der Waals surface area contributed by atoms with E-state index in [4.69, 9.17) is 19.3 Å². The molecule has 0 aliphatic carbocycles. The summed E-state index contributed by atoms with van der Waals surface area (Å²) in [5.41, 5.74) is 6.52. The topological polar surface area (TPSA) is 44.2 Å². The fourth-order valence-corrected chi connectivity index (χ4v) is 6.48. The van der Waals surface area contributed by atoms with Crippen LogP contribution >= 0.6 is 11.3 Å². The minimum Gasteiger partial charge on any atom is -0.399 e. The first kappa shape index (κ1) is 25.2. The van der Waals surface area contributed by atoms with Crippen LogP contribution in [0.2, 0.25) is 0 Å². The van der Waals surface area contributed by atoms with Crippen molar-refractivity contribution in [2.45, 2.75) is 38.9 Å². The molecule has 2 aromatic heterocycles. The Bertz CT molecular complexity index is 1830. The highest BCUT2D eigenvalue weighted by Crippen LogP contribution is 2.41. The molecule has 1 saturated heterocycles. The van der Waals surface area contributed by atoms with Crippen LogP contribution in [0.1, 0.15) is 27.7 Å². The summed E-state index contributed by atoms with van der Waals surface area (Å²) in [6, 6.07) is 35.6. The van der Waals surface area contributed by atoms with Gasteiger partial charge < -0.3 is 9.31 Å². The Morgan fingerprint density at radius 3 is 1.80 bits per heavy atom. The second-order valence-electron chi connectivity index (χ2n) is 11.3. The van der Waals surface area contributed by atoms with E-state index in [9.17, 15) is 0 Å². The number of hydrogen-bond donors (Lipinski definition) is 0. The van der Waals surface area contributed by atoms with Gasteiger partial charge in [-0.25, -0.2) is 9.97 Å². The normalized spacial score (nSPS) is 16.1. The Morgan fingerprint density at radius 2 is 1.15 bits per heavy atom. The van der Waals surface area contributed by atoms with Gasteiger partial charge >= 0.3 is 7.12 Å². The van der Waals surface area contributed by atoms with Crippen molar-refractivity contribution < 1.29 is 9.31 Å². The van der Waals surface area contributed by atoms with Crippen LogP contribution in [0.5, 0.6) is 0 Å². The summed E-state index contributed by atoms with van der Waals surface area (Å²) in [6.07, 6.45) is 0. The van der Waals surface area contributed by atoms with Crippen LogP contribution in [0, 0.1) is 0 Å². The maximum Gasteiger partial charge on any atom is 0.496 e. The zero-order chi connectivity index (χ0) is 27.5. The summed E-state index contributed by atoms with van der Waals surface area (Å²) < 4.78 is 15.1. The summed E-state index contributed by atoms with van der Waals surface area (Å²) >= 11 is 1.72. The van der Waals surface area contributed by atoms with Crippen LogP contribution in [0.15, 0.2) is 103 Å². The number of hydrogen-bond acceptors (Lipinski definition) is 5. The fraction of sp³-hybridized carbons (Fsp3) is 0.176. The smallest absolute Gasteiger partial charge is 0.399 e.